The Morgan fingerprint density at radius 2 is 1.77 bits per heavy atom. The number of benzene rings is 2. The molecule has 3 aromatic rings. The minimum absolute atomic E-state index is 0.0322. The molecular weight excluding hydrogens is 394 g/mol. The van der Waals surface area contributed by atoms with Crippen LogP contribution in [0, 0.1) is 0 Å². The number of nitrogens with zero attached hydrogens (tertiary/aromatic N) is 2. The van der Waals surface area contributed by atoms with Crippen LogP contribution in [0.15, 0.2) is 60.0 Å². The van der Waals surface area contributed by atoms with Gasteiger partial charge in [0.15, 0.2) is 5.16 Å². The smallest absolute Gasteiger partial charge is 0.234 e. The molecule has 0 saturated heterocycles. The van der Waals surface area contributed by atoms with Crippen LogP contribution in [0.5, 0.6) is 5.75 Å². The molecule has 0 radical (unpaired) electrons. The fourth-order valence-corrected chi connectivity index (χ4v) is 4.13. The molecule has 0 fully saturated rings. The van der Waals surface area contributed by atoms with Crippen molar-refractivity contribution >= 4 is 23.4 Å². The van der Waals surface area contributed by atoms with Gasteiger partial charge in [0, 0.05) is 24.1 Å². The lowest BCUT2D eigenvalue weighted by molar-refractivity contribution is -0.113. The van der Waals surface area contributed by atoms with Gasteiger partial charge in [-0.25, -0.2) is 4.98 Å². The topological polar surface area (TPSA) is 56.2 Å². The van der Waals surface area contributed by atoms with Gasteiger partial charge in [-0.15, -0.1) is 0 Å². The highest BCUT2D eigenvalue weighted by Crippen LogP contribution is 2.32. The standard InChI is InChI=1S/C24H29N3O2S/c1-16(2)20-10-7-11-21(17(3)4)23(20)26-22(28)15-30-24-25-12-13-27(24)18-8-6-9-19(14-18)29-5/h6-14,16-17H,15H2,1-5H3,(H,26,28). The molecule has 0 bridgehead atoms. The van der Waals surface area contributed by atoms with E-state index in [0.717, 1.165) is 33.4 Å². The SMILES string of the molecule is COc1cccc(-n2ccnc2SCC(=O)Nc2c(C(C)C)cccc2C(C)C)c1. The molecule has 0 aliphatic heterocycles. The van der Waals surface area contributed by atoms with E-state index in [1.165, 1.54) is 11.8 Å². The molecule has 1 amide bonds. The Balaban J connectivity index is 1.75. The summed E-state index contributed by atoms with van der Waals surface area (Å²) in [5.74, 6) is 1.69. The molecule has 1 aromatic heterocycles. The number of amides is 1. The van der Waals surface area contributed by atoms with Crippen molar-refractivity contribution in [1.29, 1.82) is 0 Å². The number of hydrogen-bond acceptors (Lipinski definition) is 4. The van der Waals surface area contributed by atoms with Gasteiger partial charge in [-0.1, -0.05) is 63.7 Å². The summed E-state index contributed by atoms with van der Waals surface area (Å²) in [7, 11) is 1.65. The number of carbonyl (C=O) groups is 1. The number of thioether (sulfide) groups is 1. The number of hydrogen-bond donors (Lipinski definition) is 1. The highest BCUT2D eigenvalue weighted by molar-refractivity contribution is 7.99. The Bertz CT molecular complexity index is 985. The van der Waals surface area contributed by atoms with Crippen molar-refractivity contribution in [2.45, 2.75) is 44.7 Å². The van der Waals surface area contributed by atoms with Crippen molar-refractivity contribution in [2.24, 2.45) is 0 Å². The lowest BCUT2D eigenvalue weighted by Gasteiger charge is -2.20. The van der Waals surface area contributed by atoms with Crippen LogP contribution in [-0.2, 0) is 4.79 Å². The average molecular weight is 424 g/mol. The summed E-state index contributed by atoms with van der Waals surface area (Å²) < 4.78 is 7.27. The lowest BCUT2D eigenvalue weighted by atomic mass is 9.92. The van der Waals surface area contributed by atoms with Crippen LogP contribution in [0.3, 0.4) is 0 Å². The number of aromatic nitrogens is 2. The zero-order valence-electron chi connectivity index (χ0n) is 18.2. The summed E-state index contributed by atoms with van der Waals surface area (Å²) in [6.45, 7) is 8.59. The molecule has 0 saturated carbocycles. The largest absolute Gasteiger partial charge is 0.497 e. The molecule has 2 aromatic carbocycles. The predicted molar refractivity (Wildman–Crippen MR) is 124 cm³/mol. The molecule has 0 spiro atoms. The van der Waals surface area contributed by atoms with Gasteiger partial charge in [0.1, 0.15) is 5.75 Å². The Labute approximate surface area is 182 Å². The van der Waals surface area contributed by atoms with E-state index in [1.807, 2.05) is 35.0 Å². The average Bonchev–Trinajstić information content (AvgIpc) is 3.20. The third-order valence-electron chi connectivity index (χ3n) is 4.91. The molecule has 1 heterocycles. The maximum absolute atomic E-state index is 12.8. The Morgan fingerprint density at radius 3 is 2.40 bits per heavy atom. The van der Waals surface area contributed by atoms with Crippen molar-refractivity contribution in [3.63, 3.8) is 0 Å². The van der Waals surface area contributed by atoms with E-state index < -0.39 is 0 Å². The fourth-order valence-electron chi connectivity index (χ4n) is 3.35. The molecule has 3 rings (SSSR count). The van der Waals surface area contributed by atoms with Gasteiger partial charge in [0.2, 0.25) is 5.91 Å². The fraction of sp³-hybridized carbons (Fsp3) is 0.333. The van der Waals surface area contributed by atoms with Crippen LogP contribution in [0.25, 0.3) is 5.69 Å². The van der Waals surface area contributed by atoms with Crippen LogP contribution in [0.4, 0.5) is 5.69 Å². The van der Waals surface area contributed by atoms with Gasteiger partial charge in [-0.05, 0) is 35.1 Å². The van der Waals surface area contributed by atoms with E-state index in [1.54, 1.807) is 13.3 Å². The second-order valence-corrected chi connectivity index (χ2v) is 8.68. The van der Waals surface area contributed by atoms with Gasteiger partial charge < -0.3 is 10.1 Å². The number of rotatable bonds is 8. The van der Waals surface area contributed by atoms with E-state index in [4.69, 9.17) is 4.74 Å². The van der Waals surface area contributed by atoms with E-state index in [2.05, 4.69) is 56.2 Å². The van der Waals surface area contributed by atoms with Gasteiger partial charge in [0.05, 0.1) is 18.6 Å². The Hall–Kier alpha value is -2.73. The predicted octanol–water partition coefficient (Wildman–Crippen LogP) is 5.86. The van der Waals surface area contributed by atoms with Crippen molar-refractivity contribution in [3.05, 3.63) is 66.0 Å². The van der Waals surface area contributed by atoms with E-state index in [0.29, 0.717) is 11.8 Å². The number of para-hydroxylation sites is 1. The van der Waals surface area contributed by atoms with Crippen molar-refractivity contribution in [1.82, 2.24) is 9.55 Å². The van der Waals surface area contributed by atoms with Crippen LogP contribution in [-0.4, -0.2) is 28.3 Å². The third kappa shape index (κ3) is 5.05. The second-order valence-electron chi connectivity index (χ2n) is 7.74. The maximum atomic E-state index is 12.8. The molecular formula is C24H29N3O2S. The summed E-state index contributed by atoms with van der Waals surface area (Å²) in [5, 5.41) is 3.93. The summed E-state index contributed by atoms with van der Waals surface area (Å²) in [6, 6.07) is 14.0. The monoisotopic (exact) mass is 423 g/mol. The number of carbonyl (C=O) groups excluding carboxylic acids is 1. The molecule has 158 valence electrons. The minimum Gasteiger partial charge on any atom is -0.497 e. The van der Waals surface area contributed by atoms with Gasteiger partial charge in [-0.3, -0.25) is 9.36 Å². The molecule has 6 heteroatoms. The van der Waals surface area contributed by atoms with Crippen LogP contribution in [0.2, 0.25) is 0 Å². The van der Waals surface area contributed by atoms with Gasteiger partial charge in [0.25, 0.3) is 0 Å². The van der Waals surface area contributed by atoms with Crippen LogP contribution >= 0.6 is 11.8 Å². The zero-order valence-corrected chi connectivity index (χ0v) is 19.0. The first-order chi connectivity index (χ1) is 14.4. The quantitative estimate of drug-likeness (QED) is 0.461. The number of imidazole rings is 1. The van der Waals surface area contributed by atoms with Crippen LogP contribution < -0.4 is 10.1 Å². The van der Waals surface area contributed by atoms with E-state index >= 15 is 0 Å². The first-order valence-corrected chi connectivity index (χ1v) is 11.1. The van der Waals surface area contributed by atoms with Gasteiger partial charge >= 0.3 is 0 Å². The summed E-state index contributed by atoms with van der Waals surface area (Å²) in [4.78, 5) is 17.2. The van der Waals surface area contributed by atoms with E-state index in [-0.39, 0.29) is 11.7 Å². The summed E-state index contributed by atoms with van der Waals surface area (Å²) in [5.41, 5.74) is 4.22. The Morgan fingerprint density at radius 1 is 1.10 bits per heavy atom. The second kappa shape index (κ2) is 9.85. The zero-order chi connectivity index (χ0) is 21.7. The lowest BCUT2D eigenvalue weighted by Crippen LogP contribution is -2.18. The first kappa shape index (κ1) is 22.0. The highest BCUT2D eigenvalue weighted by atomic mass is 32.2. The maximum Gasteiger partial charge on any atom is 0.234 e. The molecule has 0 aliphatic carbocycles. The number of methoxy groups -OCH3 is 1. The molecule has 0 unspecified atom stereocenters. The Kier molecular flexibility index (Phi) is 7.21. The van der Waals surface area contributed by atoms with Crippen LogP contribution in [0.1, 0.15) is 50.7 Å². The number of nitrogens with one attached hydrogen (secondary N) is 1. The highest BCUT2D eigenvalue weighted by Gasteiger charge is 2.17. The van der Waals surface area contributed by atoms with Crippen molar-refractivity contribution in [3.8, 4) is 11.4 Å². The normalized spacial score (nSPS) is 11.2. The van der Waals surface area contributed by atoms with Gasteiger partial charge in [-0.2, -0.15) is 0 Å². The van der Waals surface area contributed by atoms with E-state index in [9.17, 15) is 4.79 Å². The molecule has 0 atom stereocenters. The molecule has 1 N–H and O–H groups in total. The summed E-state index contributed by atoms with van der Waals surface area (Å²) >= 11 is 1.42. The number of anilines is 1. The molecule has 30 heavy (non-hydrogen) atoms. The first-order valence-electron chi connectivity index (χ1n) is 10.1. The summed E-state index contributed by atoms with van der Waals surface area (Å²) in [6.07, 6.45) is 3.63. The van der Waals surface area contributed by atoms with Crippen molar-refractivity contribution < 1.29 is 9.53 Å². The minimum atomic E-state index is -0.0322. The van der Waals surface area contributed by atoms with Crippen molar-refractivity contribution in [2.75, 3.05) is 18.2 Å². The number of ether oxygens (including phenoxy) is 1. The molecule has 0 aliphatic rings. The third-order valence-corrected chi connectivity index (χ3v) is 5.87. The molecule has 5 nitrogen and oxygen atoms in total.